The molecule has 4 nitrogen and oxygen atoms in total. The second-order valence-electron chi connectivity index (χ2n) is 5.33. The Morgan fingerprint density at radius 1 is 1.35 bits per heavy atom. The molecule has 0 saturated carbocycles. The first kappa shape index (κ1) is 15.1. The molecule has 1 N–H and O–H groups in total. The molecule has 0 radical (unpaired) electrons. The Labute approximate surface area is 125 Å². The number of benzene rings is 1. The van der Waals surface area contributed by atoms with Crippen LogP contribution in [0.4, 0.5) is 0 Å². The van der Waals surface area contributed by atoms with E-state index in [1.54, 1.807) is 19.1 Å². The maximum Gasteiger partial charge on any atom is 0.263 e. The summed E-state index contributed by atoms with van der Waals surface area (Å²) < 4.78 is 5.70. The third-order valence-electron chi connectivity index (χ3n) is 3.64. The summed E-state index contributed by atoms with van der Waals surface area (Å²) in [7, 11) is 2.16. The fourth-order valence-corrected chi connectivity index (χ4v) is 2.57. The number of carbonyl (C=O) groups excluding carboxylic acids is 1. The van der Waals surface area contributed by atoms with E-state index in [4.69, 9.17) is 16.3 Å². The van der Waals surface area contributed by atoms with Crippen molar-refractivity contribution in [1.29, 1.82) is 0 Å². The van der Waals surface area contributed by atoms with Crippen LogP contribution in [0.15, 0.2) is 24.3 Å². The lowest BCUT2D eigenvalue weighted by Gasteiger charge is -2.24. The van der Waals surface area contributed by atoms with Gasteiger partial charge in [0.05, 0.1) is 31.7 Å². The third kappa shape index (κ3) is 3.87. The Bertz CT molecular complexity index is 467. The number of likely N-dealkylation sites (N-methyl/N-ethyl adjacent to an activating group) is 1. The Morgan fingerprint density at radius 2 is 2.10 bits per heavy atom. The largest absolute Gasteiger partial charge is 0.479 e. The Kier molecular flexibility index (Phi) is 5.26. The van der Waals surface area contributed by atoms with Gasteiger partial charge in [-0.3, -0.25) is 4.79 Å². The van der Waals surface area contributed by atoms with Crippen LogP contribution < -0.4 is 9.64 Å². The van der Waals surface area contributed by atoms with Crippen molar-refractivity contribution in [3.63, 3.8) is 0 Å². The zero-order valence-corrected chi connectivity index (χ0v) is 12.8. The topological polar surface area (TPSA) is 34.0 Å². The summed E-state index contributed by atoms with van der Waals surface area (Å²) in [6.45, 7) is 5.49. The highest BCUT2D eigenvalue weighted by molar-refractivity contribution is 6.32. The number of para-hydroxylation sites is 1. The molecule has 1 aliphatic rings. The van der Waals surface area contributed by atoms with Gasteiger partial charge in [-0.25, -0.2) is 0 Å². The van der Waals surface area contributed by atoms with Crippen LogP contribution >= 0.6 is 11.6 Å². The Morgan fingerprint density at radius 3 is 2.85 bits per heavy atom. The van der Waals surface area contributed by atoms with Crippen LogP contribution in [0.1, 0.15) is 13.3 Å². The maximum atomic E-state index is 12.4. The van der Waals surface area contributed by atoms with Crippen LogP contribution in [0.25, 0.3) is 0 Å². The van der Waals surface area contributed by atoms with E-state index in [-0.39, 0.29) is 5.91 Å². The zero-order chi connectivity index (χ0) is 14.5. The van der Waals surface area contributed by atoms with Gasteiger partial charge in [0.25, 0.3) is 5.91 Å². The minimum atomic E-state index is -0.506. The quantitative estimate of drug-likeness (QED) is 0.898. The molecule has 1 aliphatic heterocycles. The monoisotopic (exact) mass is 297 g/mol. The lowest BCUT2D eigenvalue weighted by molar-refractivity contribution is -0.877. The van der Waals surface area contributed by atoms with Gasteiger partial charge in [0.15, 0.2) is 6.10 Å². The van der Waals surface area contributed by atoms with Crippen molar-refractivity contribution >= 4 is 17.5 Å². The van der Waals surface area contributed by atoms with Crippen molar-refractivity contribution in [3.05, 3.63) is 29.3 Å². The summed E-state index contributed by atoms with van der Waals surface area (Å²) >= 11 is 6.05. The van der Waals surface area contributed by atoms with Gasteiger partial charge in [0.1, 0.15) is 5.75 Å². The van der Waals surface area contributed by atoms with Crippen molar-refractivity contribution in [2.45, 2.75) is 19.4 Å². The minimum absolute atomic E-state index is 0.0413. The Hall–Kier alpha value is -1.26. The van der Waals surface area contributed by atoms with Gasteiger partial charge >= 0.3 is 0 Å². The SMILES string of the molecule is C[C@H](Oc1ccccc1Cl)C(=O)N1CCC[NH+](C)CC1. The highest BCUT2D eigenvalue weighted by Gasteiger charge is 2.25. The van der Waals surface area contributed by atoms with Crippen LogP contribution in [0.2, 0.25) is 5.02 Å². The molecule has 1 aromatic rings. The zero-order valence-electron chi connectivity index (χ0n) is 12.1. The summed E-state index contributed by atoms with van der Waals surface area (Å²) in [5.74, 6) is 0.604. The average Bonchev–Trinajstić information content (AvgIpc) is 2.65. The summed E-state index contributed by atoms with van der Waals surface area (Å²) in [5.41, 5.74) is 0. The van der Waals surface area contributed by atoms with Crippen molar-refractivity contribution in [2.24, 2.45) is 0 Å². The van der Waals surface area contributed by atoms with Gasteiger partial charge in [-0.2, -0.15) is 0 Å². The van der Waals surface area contributed by atoms with Gasteiger partial charge < -0.3 is 14.5 Å². The van der Waals surface area contributed by atoms with Gasteiger partial charge in [-0.05, 0) is 19.1 Å². The molecule has 20 heavy (non-hydrogen) atoms. The van der Waals surface area contributed by atoms with Crippen LogP contribution in [0, 0.1) is 0 Å². The van der Waals surface area contributed by atoms with Crippen molar-refractivity contribution in [1.82, 2.24) is 4.90 Å². The first-order valence-corrected chi connectivity index (χ1v) is 7.47. The molecular weight excluding hydrogens is 276 g/mol. The van der Waals surface area contributed by atoms with Crippen LogP contribution in [0.3, 0.4) is 0 Å². The summed E-state index contributed by atoms with van der Waals surface area (Å²) in [6.07, 6.45) is 0.532. The van der Waals surface area contributed by atoms with E-state index in [1.165, 1.54) is 4.90 Å². The molecule has 1 amide bonds. The number of carbonyl (C=O) groups is 1. The van der Waals surface area contributed by atoms with Gasteiger partial charge in [-0.15, -0.1) is 0 Å². The van der Waals surface area contributed by atoms with Crippen molar-refractivity contribution in [2.75, 3.05) is 33.2 Å². The molecular formula is C15H22ClN2O2+. The number of nitrogens with one attached hydrogen (secondary N) is 1. The van der Waals surface area contributed by atoms with Gasteiger partial charge in [-0.1, -0.05) is 23.7 Å². The van der Waals surface area contributed by atoms with E-state index in [0.29, 0.717) is 10.8 Å². The number of hydrogen-bond donors (Lipinski definition) is 1. The molecule has 5 heteroatoms. The van der Waals surface area contributed by atoms with Gasteiger partial charge in [0.2, 0.25) is 0 Å². The van der Waals surface area contributed by atoms with E-state index in [1.807, 2.05) is 17.0 Å². The van der Waals surface area contributed by atoms with Crippen LogP contribution in [-0.4, -0.2) is 50.1 Å². The minimum Gasteiger partial charge on any atom is -0.479 e. The fraction of sp³-hybridized carbons (Fsp3) is 0.533. The van der Waals surface area contributed by atoms with Gasteiger partial charge in [0, 0.05) is 13.0 Å². The number of rotatable bonds is 3. The highest BCUT2D eigenvalue weighted by Crippen LogP contribution is 2.24. The second kappa shape index (κ2) is 6.95. The maximum absolute atomic E-state index is 12.4. The average molecular weight is 298 g/mol. The van der Waals surface area contributed by atoms with E-state index >= 15 is 0 Å². The molecule has 1 saturated heterocycles. The highest BCUT2D eigenvalue weighted by atomic mass is 35.5. The van der Waals surface area contributed by atoms with Crippen LogP contribution in [0.5, 0.6) is 5.75 Å². The van der Waals surface area contributed by atoms with Crippen molar-refractivity contribution < 1.29 is 14.4 Å². The number of hydrogen-bond acceptors (Lipinski definition) is 2. The summed E-state index contributed by atoms with van der Waals surface area (Å²) in [4.78, 5) is 15.8. The first-order chi connectivity index (χ1) is 9.58. The normalized spacial score (nSPS) is 21.1. The number of amides is 1. The number of quaternary nitrogens is 1. The summed E-state index contributed by atoms with van der Waals surface area (Å²) in [5, 5.41) is 0.534. The molecule has 1 unspecified atom stereocenters. The van der Waals surface area contributed by atoms with E-state index in [2.05, 4.69) is 7.05 Å². The number of ether oxygens (including phenoxy) is 1. The molecule has 1 heterocycles. The Balaban J connectivity index is 1.96. The third-order valence-corrected chi connectivity index (χ3v) is 3.95. The number of nitrogens with zero attached hydrogens (tertiary/aromatic N) is 1. The van der Waals surface area contributed by atoms with E-state index in [0.717, 1.165) is 32.6 Å². The van der Waals surface area contributed by atoms with Crippen molar-refractivity contribution in [3.8, 4) is 5.75 Å². The predicted octanol–water partition coefficient (Wildman–Crippen LogP) is 0.854. The number of halogens is 1. The van der Waals surface area contributed by atoms with Crippen LogP contribution in [-0.2, 0) is 4.79 Å². The standard InChI is InChI=1S/C15H21ClN2O2/c1-12(20-14-7-4-3-6-13(14)16)15(19)18-9-5-8-17(2)10-11-18/h3-4,6-7,12H,5,8-11H2,1-2H3/p+1/t12-/m0/s1. The second-order valence-corrected chi connectivity index (χ2v) is 5.73. The predicted molar refractivity (Wildman–Crippen MR) is 79.4 cm³/mol. The fourth-order valence-electron chi connectivity index (χ4n) is 2.39. The lowest BCUT2D eigenvalue weighted by atomic mass is 10.3. The first-order valence-electron chi connectivity index (χ1n) is 7.09. The lowest BCUT2D eigenvalue weighted by Crippen LogP contribution is -3.09. The molecule has 1 aromatic carbocycles. The molecule has 2 rings (SSSR count). The molecule has 0 spiro atoms. The summed E-state index contributed by atoms with van der Waals surface area (Å²) in [6, 6.07) is 7.24. The molecule has 2 atom stereocenters. The smallest absolute Gasteiger partial charge is 0.263 e. The molecule has 0 aliphatic carbocycles. The van der Waals surface area contributed by atoms with E-state index < -0.39 is 6.10 Å². The van der Waals surface area contributed by atoms with E-state index in [9.17, 15) is 4.79 Å². The molecule has 110 valence electrons. The molecule has 0 bridgehead atoms. The molecule has 0 aromatic heterocycles. The molecule has 1 fully saturated rings.